The number of phenols is 1. The highest BCUT2D eigenvalue weighted by atomic mass is 35.5. The zero-order valence-electron chi connectivity index (χ0n) is 12.4. The quantitative estimate of drug-likeness (QED) is 0.900. The third kappa shape index (κ3) is 3.33. The van der Waals surface area contributed by atoms with E-state index in [0.29, 0.717) is 11.5 Å². The normalized spacial score (nSPS) is 21.4. The number of nitrogens with one attached hydrogen (secondary N) is 1. The van der Waals surface area contributed by atoms with Gasteiger partial charge in [0.25, 0.3) is 0 Å². The number of piperazine rings is 1. The second kappa shape index (κ2) is 6.95. The van der Waals surface area contributed by atoms with Gasteiger partial charge < -0.3 is 10.4 Å². The molecule has 1 saturated heterocycles. The SMILES string of the molecule is Cc1cc(F)cc([C@H](C2CCC2)N2CCNCC2)c1O.Cl. The van der Waals surface area contributed by atoms with Crippen molar-refractivity contribution in [1.29, 1.82) is 0 Å². The van der Waals surface area contributed by atoms with Gasteiger partial charge in [0.05, 0.1) is 0 Å². The van der Waals surface area contributed by atoms with Crippen LogP contribution in [0.1, 0.15) is 36.4 Å². The minimum absolute atomic E-state index is 0. The molecule has 0 bridgehead atoms. The van der Waals surface area contributed by atoms with Crippen LogP contribution in [0.4, 0.5) is 4.39 Å². The maximum atomic E-state index is 13.8. The Labute approximate surface area is 131 Å². The molecule has 2 fully saturated rings. The third-order valence-electron chi connectivity index (χ3n) is 4.75. The molecular weight excluding hydrogens is 291 g/mol. The van der Waals surface area contributed by atoms with Crippen LogP contribution >= 0.6 is 12.4 Å². The highest BCUT2D eigenvalue weighted by Gasteiger charge is 2.35. The fourth-order valence-electron chi connectivity index (χ4n) is 3.45. The smallest absolute Gasteiger partial charge is 0.124 e. The van der Waals surface area contributed by atoms with E-state index < -0.39 is 0 Å². The molecule has 3 rings (SSSR count). The van der Waals surface area contributed by atoms with E-state index in [9.17, 15) is 9.50 Å². The molecule has 1 atom stereocenters. The Morgan fingerprint density at radius 3 is 2.52 bits per heavy atom. The van der Waals surface area contributed by atoms with Crippen molar-refractivity contribution in [2.45, 2.75) is 32.2 Å². The summed E-state index contributed by atoms with van der Waals surface area (Å²) in [5.41, 5.74) is 1.42. The molecule has 118 valence electrons. The molecule has 0 radical (unpaired) electrons. The van der Waals surface area contributed by atoms with Gasteiger partial charge in [-0.1, -0.05) is 6.42 Å². The van der Waals surface area contributed by atoms with Crippen molar-refractivity contribution in [3.63, 3.8) is 0 Å². The maximum absolute atomic E-state index is 13.8. The molecule has 1 heterocycles. The largest absolute Gasteiger partial charge is 0.507 e. The highest BCUT2D eigenvalue weighted by Crippen LogP contribution is 2.44. The zero-order valence-corrected chi connectivity index (χ0v) is 13.3. The molecule has 0 unspecified atom stereocenters. The van der Waals surface area contributed by atoms with Crippen molar-refractivity contribution in [3.8, 4) is 5.75 Å². The molecule has 21 heavy (non-hydrogen) atoms. The summed E-state index contributed by atoms with van der Waals surface area (Å²) in [6.07, 6.45) is 3.62. The number of hydrogen-bond donors (Lipinski definition) is 2. The van der Waals surface area contributed by atoms with Crippen molar-refractivity contribution in [1.82, 2.24) is 10.2 Å². The van der Waals surface area contributed by atoms with E-state index in [1.807, 2.05) is 0 Å². The van der Waals surface area contributed by atoms with Gasteiger partial charge in [-0.2, -0.15) is 0 Å². The van der Waals surface area contributed by atoms with E-state index in [2.05, 4.69) is 10.2 Å². The van der Waals surface area contributed by atoms with Gasteiger partial charge in [0, 0.05) is 37.8 Å². The molecule has 1 aromatic carbocycles. The fourth-order valence-corrected chi connectivity index (χ4v) is 3.45. The van der Waals surface area contributed by atoms with Gasteiger partial charge in [-0.05, 0) is 43.4 Å². The molecule has 3 nitrogen and oxygen atoms in total. The first kappa shape index (κ1) is 16.5. The number of aromatic hydroxyl groups is 1. The van der Waals surface area contributed by atoms with Crippen molar-refractivity contribution in [3.05, 3.63) is 29.1 Å². The zero-order chi connectivity index (χ0) is 14.1. The summed E-state index contributed by atoms with van der Waals surface area (Å²) in [5, 5.41) is 13.7. The number of phenolic OH excluding ortho intramolecular Hbond substituents is 1. The monoisotopic (exact) mass is 314 g/mol. The molecular formula is C16H24ClFN2O. The summed E-state index contributed by atoms with van der Waals surface area (Å²) in [4.78, 5) is 2.41. The van der Waals surface area contributed by atoms with Gasteiger partial charge in [-0.25, -0.2) is 4.39 Å². The van der Waals surface area contributed by atoms with Crippen LogP contribution in [-0.4, -0.2) is 36.2 Å². The van der Waals surface area contributed by atoms with Crippen molar-refractivity contribution in [2.24, 2.45) is 5.92 Å². The van der Waals surface area contributed by atoms with Crippen LogP contribution in [0.2, 0.25) is 0 Å². The second-order valence-corrected chi connectivity index (χ2v) is 6.08. The van der Waals surface area contributed by atoms with Crippen LogP contribution in [0.25, 0.3) is 0 Å². The Balaban J connectivity index is 0.00000161. The average Bonchev–Trinajstić information content (AvgIpc) is 2.39. The number of benzene rings is 1. The summed E-state index contributed by atoms with van der Waals surface area (Å²) in [6, 6.07) is 3.11. The van der Waals surface area contributed by atoms with Gasteiger partial charge in [-0.15, -0.1) is 12.4 Å². The van der Waals surface area contributed by atoms with Crippen LogP contribution in [0, 0.1) is 18.7 Å². The molecule has 0 aromatic heterocycles. The Bertz CT molecular complexity index is 487. The first-order valence-electron chi connectivity index (χ1n) is 7.60. The molecule has 0 amide bonds. The predicted molar refractivity (Wildman–Crippen MR) is 84.6 cm³/mol. The molecule has 0 spiro atoms. The topological polar surface area (TPSA) is 35.5 Å². The average molecular weight is 315 g/mol. The van der Waals surface area contributed by atoms with Gasteiger partial charge in [0.15, 0.2) is 0 Å². The van der Waals surface area contributed by atoms with E-state index in [1.54, 1.807) is 6.92 Å². The third-order valence-corrected chi connectivity index (χ3v) is 4.75. The molecule has 1 aliphatic carbocycles. The van der Waals surface area contributed by atoms with Crippen molar-refractivity contribution >= 4 is 12.4 Å². The Morgan fingerprint density at radius 2 is 1.95 bits per heavy atom. The summed E-state index contributed by atoms with van der Waals surface area (Å²) in [7, 11) is 0. The van der Waals surface area contributed by atoms with E-state index in [-0.39, 0.29) is 30.0 Å². The summed E-state index contributed by atoms with van der Waals surface area (Å²) in [6.45, 7) is 5.65. The Hall–Kier alpha value is -0.840. The van der Waals surface area contributed by atoms with Gasteiger partial charge in [-0.3, -0.25) is 4.90 Å². The van der Waals surface area contributed by atoms with E-state index >= 15 is 0 Å². The fraction of sp³-hybridized carbons (Fsp3) is 0.625. The summed E-state index contributed by atoms with van der Waals surface area (Å²) < 4.78 is 13.8. The van der Waals surface area contributed by atoms with E-state index in [4.69, 9.17) is 0 Å². The van der Waals surface area contributed by atoms with Gasteiger partial charge in [0.2, 0.25) is 0 Å². The lowest BCUT2D eigenvalue weighted by atomic mass is 9.75. The molecule has 5 heteroatoms. The van der Waals surface area contributed by atoms with E-state index in [1.165, 1.54) is 31.4 Å². The lowest BCUT2D eigenvalue weighted by Gasteiger charge is -2.43. The lowest BCUT2D eigenvalue weighted by molar-refractivity contribution is 0.0816. The standard InChI is InChI=1S/C16H23FN2O.ClH/c1-11-9-13(17)10-14(16(11)20)15(12-3-2-4-12)19-7-5-18-6-8-19;/h9-10,12,15,18,20H,2-8H2,1H3;1H/t15-;/m0./s1. The molecule has 1 aromatic rings. The number of halogens is 2. The number of hydrogen-bond acceptors (Lipinski definition) is 3. The number of nitrogens with zero attached hydrogens (tertiary/aromatic N) is 1. The van der Waals surface area contributed by atoms with Crippen LogP contribution in [0.15, 0.2) is 12.1 Å². The highest BCUT2D eigenvalue weighted by molar-refractivity contribution is 5.85. The first-order valence-corrected chi connectivity index (χ1v) is 7.60. The van der Waals surface area contributed by atoms with Crippen molar-refractivity contribution in [2.75, 3.05) is 26.2 Å². The molecule has 1 saturated carbocycles. The Kier molecular flexibility index (Phi) is 5.47. The van der Waals surface area contributed by atoms with E-state index in [0.717, 1.165) is 31.7 Å². The number of aryl methyl sites for hydroxylation is 1. The minimum atomic E-state index is -0.241. The molecule has 2 aliphatic rings. The van der Waals surface area contributed by atoms with Gasteiger partial charge in [0.1, 0.15) is 11.6 Å². The number of rotatable bonds is 3. The predicted octanol–water partition coefficient (Wildman–Crippen LogP) is 3.01. The Morgan fingerprint density at radius 1 is 1.29 bits per heavy atom. The van der Waals surface area contributed by atoms with Crippen LogP contribution in [0.3, 0.4) is 0 Å². The van der Waals surface area contributed by atoms with Crippen molar-refractivity contribution < 1.29 is 9.50 Å². The van der Waals surface area contributed by atoms with Crippen LogP contribution in [0.5, 0.6) is 5.75 Å². The molecule has 2 N–H and O–H groups in total. The van der Waals surface area contributed by atoms with Crippen LogP contribution < -0.4 is 5.32 Å². The van der Waals surface area contributed by atoms with Crippen LogP contribution in [-0.2, 0) is 0 Å². The summed E-state index contributed by atoms with van der Waals surface area (Å²) in [5.74, 6) is 0.594. The van der Waals surface area contributed by atoms with Gasteiger partial charge >= 0.3 is 0 Å². The second-order valence-electron chi connectivity index (χ2n) is 6.08. The minimum Gasteiger partial charge on any atom is -0.507 e. The first-order chi connectivity index (χ1) is 9.66. The molecule has 1 aliphatic heterocycles. The lowest BCUT2D eigenvalue weighted by Crippen LogP contribution is -2.47. The maximum Gasteiger partial charge on any atom is 0.124 e. The summed E-state index contributed by atoms with van der Waals surface area (Å²) >= 11 is 0.